The average Bonchev–Trinajstić information content (AvgIpc) is 2.45. The van der Waals surface area contributed by atoms with Crippen molar-refractivity contribution in [2.24, 2.45) is 5.41 Å². The SMILES string of the molecule is CC/C=C(\c1csc(N)n1)C(C)(C)C. The van der Waals surface area contributed by atoms with E-state index < -0.39 is 0 Å². The first-order chi connectivity index (χ1) is 6.45. The zero-order valence-electron chi connectivity index (χ0n) is 9.29. The van der Waals surface area contributed by atoms with Gasteiger partial charge in [0.15, 0.2) is 5.13 Å². The van der Waals surface area contributed by atoms with E-state index in [0.29, 0.717) is 5.13 Å². The minimum Gasteiger partial charge on any atom is -0.375 e. The Balaban J connectivity index is 3.08. The first-order valence-electron chi connectivity index (χ1n) is 4.87. The van der Waals surface area contributed by atoms with Gasteiger partial charge in [-0.1, -0.05) is 33.8 Å². The van der Waals surface area contributed by atoms with Crippen molar-refractivity contribution in [1.82, 2.24) is 4.98 Å². The predicted octanol–water partition coefficient (Wildman–Crippen LogP) is 3.56. The van der Waals surface area contributed by atoms with Gasteiger partial charge in [0.2, 0.25) is 0 Å². The van der Waals surface area contributed by atoms with Crippen molar-refractivity contribution >= 4 is 22.0 Å². The van der Waals surface area contributed by atoms with Gasteiger partial charge >= 0.3 is 0 Å². The van der Waals surface area contributed by atoms with E-state index in [0.717, 1.165) is 12.1 Å². The molecule has 1 aromatic heterocycles. The number of allylic oxidation sites excluding steroid dienone is 2. The molecule has 14 heavy (non-hydrogen) atoms. The summed E-state index contributed by atoms with van der Waals surface area (Å²) in [5.41, 5.74) is 8.09. The monoisotopic (exact) mass is 210 g/mol. The van der Waals surface area contributed by atoms with Gasteiger partial charge < -0.3 is 5.73 Å². The van der Waals surface area contributed by atoms with Crippen LogP contribution >= 0.6 is 11.3 Å². The summed E-state index contributed by atoms with van der Waals surface area (Å²) in [7, 11) is 0. The fourth-order valence-corrected chi connectivity index (χ4v) is 1.97. The normalized spacial score (nSPS) is 13.3. The highest BCUT2D eigenvalue weighted by Crippen LogP contribution is 2.35. The van der Waals surface area contributed by atoms with Crippen LogP contribution in [0.4, 0.5) is 5.13 Å². The molecule has 0 aliphatic carbocycles. The van der Waals surface area contributed by atoms with Crippen LogP contribution in [-0.2, 0) is 0 Å². The van der Waals surface area contributed by atoms with E-state index >= 15 is 0 Å². The Labute approximate surface area is 89.9 Å². The second-order valence-corrected chi connectivity index (χ2v) is 5.24. The molecule has 0 spiro atoms. The van der Waals surface area contributed by atoms with E-state index in [9.17, 15) is 0 Å². The van der Waals surface area contributed by atoms with Crippen LogP contribution in [0.3, 0.4) is 0 Å². The lowest BCUT2D eigenvalue weighted by atomic mass is 9.84. The molecule has 78 valence electrons. The van der Waals surface area contributed by atoms with E-state index in [4.69, 9.17) is 5.73 Å². The number of thiazole rings is 1. The van der Waals surface area contributed by atoms with Crippen LogP contribution in [0.25, 0.3) is 5.57 Å². The summed E-state index contributed by atoms with van der Waals surface area (Å²) in [6, 6.07) is 0. The molecule has 0 atom stereocenters. The molecule has 0 radical (unpaired) electrons. The first kappa shape index (κ1) is 11.2. The summed E-state index contributed by atoms with van der Waals surface area (Å²) in [4.78, 5) is 4.32. The van der Waals surface area contributed by atoms with Crippen LogP contribution in [-0.4, -0.2) is 4.98 Å². The van der Waals surface area contributed by atoms with Crippen molar-refractivity contribution in [1.29, 1.82) is 0 Å². The maximum Gasteiger partial charge on any atom is 0.180 e. The van der Waals surface area contributed by atoms with Gasteiger partial charge in [-0.05, 0) is 17.4 Å². The lowest BCUT2D eigenvalue weighted by Crippen LogP contribution is -2.08. The van der Waals surface area contributed by atoms with E-state index in [-0.39, 0.29) is 5.41 Å². The molecule has 0 aromatic carbocycles. The highest BCUT2D eigenvalue weighted by Gasteiger charge is 2.20. The molecule has 1 heterocycles. The molecular formula is C11H18N2S. The number of nitrogens with two attached hydrogens (primary N) is 1. The highest BCUT2D eigenvalue weighted by atomic mass is 32.1. The fourth-order valence-electron chi connectivity index (χ4n) is 1.41. The largest absolute Gasteiger partial charge is 0.375 e. The Morgan fingerprint density at radius 3 is 2.57 bits per heavy atom. The Morgan fingerprint density at radius 1 is 1.57 bits per heavy atom. The lowest BCUT2D eigenvalue weighted by molar-refractivity contribution is 0.563. The van der Waals surface area contributed by atoms with E-state index in [2.05, 4.69) is 38.8 Å². The van der Waals surface area contributed by atoms with Crippen LogP contribution in [0, 0.1) is 5.41 Å². The summed E-state index contributed by atoms with van der Waals surface area (Å²) in [6.07, 6.45) is 3.26. The van der Waals surface area contributed by atoms with E-state index in [1.807, 2.05) is 5.38 Å². The Morgan fingerprint density at radius 2 is 2.21 bits per heavy atom. The molecule has 0 saturated heterocycles. The molecular weight excluding hydrogens is 192 g/mol. The van der Waals surface area contributed by atoms with Crippen molar-refractivity contribution in [2.75, 3.05) is 5.73 Å². The smallest absolute Gasteiger partial charge is 0.180 e. The molecule has 0 saturated carbocycles. The van der Waals surface area contributed by atoms with Crippen molar-refractivity contribution in [3.8, 4) is 0 Å². The van der Waals surface area contributed by atoms with Gasteiger partial charge in [-0.3, -0.25) is 0 Å². The second-order valence-electron chi connectivity index (χ2n) is 4.35. The van der Waals surface area contributed by atoms with Crippen LogP contribution < -0.4 is 5.73 Å². The van der Waals surface area contributed by atoms with Crippen molar-refractivity contribution in [3.05, 3.63) is 17.2 Å². The zero-order chi connectivity index (χ0) is 10.8. The molecule has 0 fully saturated rings. The molecule has 2 N–H and O–H groups in total. The molecule has 0 amide bonds. The quantitative estimate of drug-likeness (QED) is 0.810. The topological polar surface area (TPSA) is 38.9 Å². The van der Waals surface area contributed by atoms with E-state index in [1.165, 1.54) is 16.9 Å². The van der Waals surface area contributed by atoms with Crippen molar-refractivity contribution in [2.45, 2.75) is 34.1 Å². The predicted molar refractivity (Wildman–Crippen MR) is 64.2 cm³/mol. The molecule has 1 aromatic rings. The standard InChI is InChI=1S/C11H18N2S/c1-5-6-8(11(2,3)4)9-7-14-10(12)13-9/h6-7H,5H2,1-4H3,(H2,12,13)/b8-6+. The third-order valence-corrected chi connectivity index (χ3v) is 2.69. The second kappa shape index (κ2) is 4.13. The first-order valence-corrected chi connectivity index (χ1v) is 5.75. The summed E-state index contributed by atoms with van der Waals surface area (Å²) in [5.74, 6) is 0. The minimum atomic E-state index is 0.135. The van der Waals surface area contributed by atoms with Gasteiger partial charge in [0.05, 0.1) is 5.69 Å². The maximum atomic E-state index is 5.64. The van der Waals surface area contributed by atoms with Gasteiger partial charge in [-0.2, -0.15) is 0 Å². The zero-order valence-corrected chi connectivity index (χ0v) is 10.1. The summed E-state index contributed by atoms with van der Waals surface area (Å²) in [5, 5.41) is 2.67. The summed E-state index contributed by atoms with van der Waals surface area (Å²) in [6.45, 7) is 8.74. The molecule has 0 aliphatic heterocycles. The van der Waals surface area contributed by atoms with Gasteiger partial charge in [-0.15, -0.1) is 11.3 Å². The highest BCUT2D eigenvalue weighted by molar-refractivity contribution is 7.13. The average molecular weight is 210 g/mol. The number of anilines is 1. The third kappa shape index (κ3) is 2.58. The van der Waals surface area contributed by atoms with Gasteiger partial charge in [0.25, 0.3) is 0 Å². The minimum absolute atomic E-state index is 0.135. The van der Waals surface area contributed by atoms with Crippen LogP contribution in [0.2, 0.25) is 0 Å². The number of rotatable bonds is 2. The number of hydrogen-bond donors (Lipinski definition) is 1. The van der Waals surface area contributed by atoms with Gasteiger partial charge in [-0.25, -0.2) is 4.98 Å². The number of aromatic nitrogens is 1. The number of hydrogen-bond acceptors (Lipinski definition) is 3. The lowest BCUT2D eigenvalue weighted by Gasteiger charge is -2.21. The summed E-state index contributed by atoms with van der Waals surface area (Å²) >= 11 is 1.50. The number of nitrogens with zero attached hydrogens (tertiary/aromatic N) is 1. The van der Waals surface area contributed by atoms with Crippen LogP contribution in [0.15, 0.2) is 11.5 Å². The third-order valence-electron chi connectivity index (χ3n) is 2.01. The maximum absolute atomic E-state index is 5.64. The van der Waals surface area contributed by atoms with Crippen molar-refractivity contribution < 1.29 is 0 Å². The van der Waals surface area contributed by atoms with Gasteiger partial charge in [0.1, 0.15) is 0 Å². The molecule has 0 unspecified atom stereocenters. The molecule has 3 heteroatoms. The molecule has 1 rings (SSSR count). The Bertz CT molecular complexity index is 331. The molecule has 0 bridgehead atoms. The van der Waals surface area contributed by atoms with Crippen molar-refractivity contribution in [3.63, 3.8) is 0 Å². The molecule has 2 nitrogen and oxygen atoms in total. The van der Waals surface area contributed by atoms with Gasteiger partial charge in [0, 0.05) is 5.38 Å². The number of nitrogen functional groups attached to an aromatic ring is 1. The van der Waals surface area contributed by atoms with Crippen LogP contribution in [0.1, 0.15) is 39.8 Å². The van der Waals surface area contributed by atoms with Crippen LogP contribution in [0.5, 0.6) is 0 Å². The fraction of sp³-hybridized carbons (Fsp3) is 0.545. The van der Waals surface area contributed by atoms with E-state index in [1.54, 1.807) is 0 Å². The Kier molecular flexibility index (Phi) is 3.32. The Hall–Kier alpha value is -0.830. The summed E-state index contributed by atoms with van der Waals surface area (Å²) < 4.78 is 0. The molecule has 0 aliphatic rings.